The fourth-order valence-corrected chi connectivity index (χ4v) is 4.44. The van der Waals surface area contributed by atoms with Crippen molar-refractivity contribution >= 4 is 25.5 Å². The van der Waals surface area contributed by atoms with Gasteiger partial charge in [-0.3, -0.25) is 4.79 Å². The summed E-state index contributed by atoms with van der Waals surface area (Å²) in [6.45, 7) is 2.21. The monoisotopic (exact) mass is 380 g/mol. The second-order valence-electron chi connectivity index (χ2n) is 6.73. The Hall–Kier alpha value is -2.22. The van der Waals surface area contributed by atoms with Crippen molar-refractivity contribution in [2.24, 2.45) is 5.92 Å². The smallest absolute Gasteiger partial charge is 0.188 e. The number of rotatable bonds is 8. The molecule has 2 aromatic carbocycles. The van der Waals surface area contributed by atoms with Gasteiger partial charge in [0, 0.05) is 18.0 Å². The topological polar surface area (TPSA) is 35.5 Å². The van der Waals surface area contributed by atoms with Crippen LogP contribution in [0, 0.1) is 12.8 Å². The SMILES string of the molecule is COCOc1ccc(CC2C=CC=CC2)cc1Pc1ccc(C)cc1C=O. The second kappa shape index (κ2) is 9.64. The van der Waals surface area contributed by atoms with Gasteiger partial charge in [0.2, 0.25) is 0 Å². The van der Waals surface area contributed by atoms with Crippen LogP contribution in [-0.2, 0) is 11.2 Å². The Morgan fingerprint density at radius 2 is 2.04 bits per heavy atom. The van der Waals surface area contributed by atoms with Gasteiger partial charge in [0.15, 0.2) is 13.1 Å². The molecule has 4 heteroatoms. The lowest BCUT2D eigenvalue weighted by Crippen LogP contribution is -2.14. The van der Waals surface area contributed by atoms with Crippen LogP contribution in [0.25, 0.3) is 0 Å². The summed E-state index contributed by atoms with van der Waals surface area (Å²) in [6, 6.07) is 12.4. The molecule has 1 aliphatic rings. The molecule has 27 heavy (non-hydrogen) atoms. The van der Waals surface area contributed by atoms with Gasteiger partial charge in [-0.2, -0.15) is 0 Å². The molecule has 3 rings (SSSR count). The molecule has 3 nitrogen and oxygen atoms in total. The highest BCUT2D eigenvalue weighted by Crippen LogP contribution is 2.25. The molecule has 0 heterocycles. The van der Waals surface area contributed by atoms with Crippen molar-refractivity contribution < 1.29 is 14.3 Å². The van der Waals surface area contributed by atoms with Gasteiger partial charge in [0.05, 0.1) is 0 Å². The van der Waals surface area contributed by atoms with E-state index in [0.717, 1.165) is 46.6 Å². The molecule has 1 aliphatic carbocycles. The summed E-state index contributed by atoms with van der Waals surface area (Å²) < 4.78 is 10.8. The molecule has 0 saturated carbocycles. The molecule has 140 valence electrons. The molecule has 0 bridgehead atoms. The van der Waals surface area contributed by atoms with E-state index in [4.69, 9.17) is 9.47 Å². The predicted octanol–water partition coefficient (Wildman–Crippen LogP) is 4.09. The van der Waals surface area contributed by atoms with Gasteiger partial charge >= 0.3 is 0 Å². The standard InChI is InChI=1S/C23H25O3P/c1-17-8-11-22(20(12-17)15-24)27-23-14-19(9-10-21(23)26-16-25-2)13-18-6-4-3-5-7-18/h3-6,8-12,14-15,18,27H,7,13,16H2,1-2H3. The summed E-state index contributed by atoms with van der Waals surface area (Å²) in [5, 5.41) is 2.14. The van der Waals surface area contributed by atoms with E-state index in [0.29, 0.717) is 14.5 Å². The molecule has 0 aliphatic heterocycles. The second-order valence-corrected chi connectivity index (χ2v) is 8.06. The third kappa shape index (κ3) is 5.38. The number of aryl methyl sites for hydroxylation is 1. The first-order valence-electron chi connectivity index (χ1n) is 9.10. The van der Waals surface area contributed by atoms with Crippen LogP contribution in [0.5, 0.6) is 5.75 Å². The van der Waals surface area contributed by atoms with E-state index < -0.39 is 0 Å². The van der Waals surface area contributed by atoms with Crippen molar-refractivity contribution in [2.75, 3.05) is 13.9 Å². The summed E-state index contributed by atoms with van der Waals surface area (Å²) in [7, 11) is 1.97. The van der Waals surface area contributed by atoms with Gasteiger partial charge in [0.1, 0.15) is 5.75 Å². The summed E-state index contributed by atoms with van der Waals surface area (Å²) in [4.78, 5) is 11.5. The molecule has 2 aromatic rings. The van der Waals surface area contributed by atoms with Crippen LogP contribution in [0.15, 0.2) is 60.7 Å². The summed E-state index contributed by atoms with van der Waals surface area (Å²) >= 11 is 0. The van der Waals surface area contributed by atoms with E-state index in [2.05, 4.69) is 36.4 Å². The van der Waals surface area contributed by atoms with Gasteiger partial charge < -0.3 is 9.47 Å². The van der Waals surface area contributed by atoms with Crippen LogP contribution in [0.1, 0.15) is 27.9 Å². The number of aldehydes is 1. The van der Waals surface area contributed by atoms with E-state index in [1.54, 1.807) is 7.11 Å². The van der Waals surface area contributed by atoms with Gasteiger partial charge in [-0.05, 0) is 54.8 Å². The predicted molar refractivity (Wildman–Crippen MR) is 113 cm³/mol. The Morgan fingerprint density at radius 3 is 2.78 bits per heavy atom. The lowest BCUT2D eigenvalue weighted by atomic mass is 9.93. The molecular formula is C23H25O3P. The summed E-state index contributed by atoms with van der Waals surface area (Å²) in [5.74, 6) is 1.34. The van der Waals surface area contributed by atoms with E-state index in [-0.39, 0.29) is 6.79 Å². The Kier molecular flexibility index (Phi) is 6.98. The van der Waals surface area contributed by atoms with Crippen molar-refractivity contribution in [2.45, 2.75) is 19.8 Å². The minimum atomic E-state index is 0.210. The maximum absolute atomic E-state index is 11.5. The third-order valence-corrected chi connectivity index (χ3v) is 5.93. The molecule has 0 aromatic heterocycles. The van der Waals surface area contributed by atoms with Gasteiger partial charge in [0.25, 0.3) is 0 Å². The maximum Gasteiger partial charge on any atom is 0.188 e. The van der Waals surface area contributed by atoms with Crippen molar-refractivity contribution in [1.82, 2.24) is 0 Å². The summed E-state index contributed by atoms with van der Waals surface area (Å²) in [5.41, 5.74) is 3.12. The molecule has 0 spiro atoms. The molecular weight excluding hydrogens is 355 g/mol. The number of hydrogen-bond donors (Lipinski definition) is 0. The highest BCUT2D eigenvalue weighted by molar-refractivity contribution is 7.56. The molecule has 0 saturated heterocycles. The van der Waals surface area contributed by atoms with Crippen molar-refractivity contribution in [3.05, 3.63) is 77.4 Å². The first-order valence-corrected chi connectivity index (χ1v) is 10.1. The fourth-order valence-electron chi connectivity index (χ4n) is 3.17. The normalized spacial score (nSPS) is 16.1. The van der Waals surface area contributed by atoms with E-state index in [1.807, 2.05) is 31.2 Å². The Morgan fingerprint density at radius 1 is 1.15 bits per heavy atom. The Bertz CT molecular complexity index is 855. The number of carbonyl (C=O) groups excluding carboxylic acids is 1. The van der Waals surface area contributed by atoms with Gasteiger partial charge in [-0.15, -0.1) is 0 Å². The van der Waals surface area contributed by atoms with Crippen molar-refractivity contribution in [1.29, 1.82) is 0 Å². The van der Waals surface area contributed by atoms with Gasteiger partial charge in [-0.1, -0.05) is 56.6 Å². The number of benzene rings is 2. The van der Waals surface area contributed by atoms with Crippen molar-refractivity contribution in [3.8, 4) is 5.75 Å². The number of allylic oxidation sites excluding steroid dienone is 4. The zero-order valence-corrected chi connectivity index (χ0v) is 16.8. The quantitative estimate of drug-likeness (QED) is 0.393. The highest BCUT2D eigenvalue weighted by Gasteiger charge is 2.12. The molecule has 0 N–H and O–H groups in total. The average molecular weight is 380 g/mol. The van der Waals surface area contributed by atoms with Crippen LogP contribution in [0.2, 0.25) is 0 Å². The molecule has 0 fully saturated rings. The van der Waals surface area contributed by atoms with Crippen LogP contribution in [0.4, 0.5) is 0 Å². The lowest BCUT2D eigenvalue weighted by molar-refractivity contribution is 0.0519. The molecule has 2 atom stereocenters. The first kappa shape index (κ1) is 19.5. The zero-order chi connectivity index (χ0) is 19.1. The average Bonchev–Trinajstić information content (AvgIpc) is 2.69. The molecule has 0 amide bonds. The first-order chi connectivity index (χ1) is 13.2. The third-order valence-electron chi connectivity index (χ3n) is 4.55. The highest BCUT2D eigenvalue weighted by atomic mass is 31.1. The minimum Gasteiger partial charge on any atom is -0.467 e. The zero-order valence-electron chi connectivity index (χ0n) is 15.8. The van der Waals surface area contributed by atoms with E-state index >= 15 is 0 Å². The lowest BCUT2D eigenvalue weighted by Gasteiger charge is -2.17. The van der Waals surface area contributed by atoms with E-state index in [1.165, 1.54) is 5.56 Å². The Labute approximate surface area is 162 Å². The fraction of sp³-hybridized carbons (Fsp3) is 0.261. The maximum atomic E-state index is 11.5. The molecule has 0 radical (unpaired) electrons. The number of methoxy groups -OCH3 is 1. The van der Waals surface area contributed by atoms with Crippen LogP contribution >= 0.6 is 8.58 Å². The van der Waals surface area contributed by atoms with Crippen LogP contribution in [-0.4, -0.2) is 20.2 Å². The largest absolute Gasteiger partial charge is 0.467 e. The van der Waals surface area contributed by atoms with Crippen molar-refractivity contribution in [3.63, 3.8) is 0 Å². The minimum absolute atomic E-state index is 0.210. The van der Waals surface area contributed by atoms with Crippen LogP contribution < -0.4 is 15.3 Å². The van der Waals surface area contributed by atoms with Gasteiger partial charge in [-0.25, -0.2) is 0 Å². The number of hydrogen-bond acceptors (Lipinski definition) is 3. The number of carbonyl (C=O) groups is 1. The summed E-state index contributed by atoms with van der Waals surface area (Å²) in [6.07, 6.45) is 11.7. The number of ether oxygens (including phenoxy) is 2. The Balaban J connectivity index is 1.87. The van der Waals surface area contributed by atoms with E-state index in [9.17, 15) is 4.79 Å². The van der Waals surface area contributed by atoms with Crippen LogP contribution in [0.3, 0.4) is 0 Å². The molecule has 2 unspecified atom stereocenters.